The van der Waals surface area contributed by atoms with E-state index in [2.05, 4.69) is 30.8 Å². The van der Waals surface area contributed by atoms with Crippen LogP contribution in [0.25, 0.3) is 0 Å². The number of hydrogen-bond donors (Lipinski definition) is 2. The first-order valence-electron chi connectivity index (χ1n) is 12.9. The SMILES string of the molecule is CC(C)C[C@H]1NC(=O)c2cc(F)ccc2OCCn2cc(nn2)CCN(Cc2cccnc2)CCNC1=O. The van der Waals surface area contributed by atoms with Gasteiger partial charge in [-0.25, -0.2) is 9.07 Å². The van der Waals surface area contributed by atoms with Gasteiger partial charge in [-0.3, -0.25) is 19.5 Å². The van der Waals surface area contributed by atoms with Crippen LogP contribution in [0.3, 0.4) is 0 Å². The highest BCUT2D eigenvalue weighted by atomic mass is 19.1. The minimum absolute atomic E-state index is 0.0367. The first-order chi connectivity index (χ1) is 18.4. The second kappa shape index (κ2) is 13.1. The van der Waals surface area contributed by atoms with Crippen LogP contribution in [0.4, 0.5) is 4.39 Å². The third-order valence-corrected chi connectivity index (χ3v) is 6.22. The van der Waals surface area contributed by atoms with Crippen LogP contribution in [0.5, 0.6) is 5.75 Å². The first-order valence-corrected chi connectivity index (χ1v) is 12.9. The average molecular weight is 524 g/mol. The number of hydrogen-bond acceptors (Lipinski definition) is 7. The zero-order valence-corrected chi connectivity index (χ0v) is 21.8. The summed E-state index contributed by atoms with van der Waals surface area (Å²) in [6, 6.07) is 6.93. The predicted molar refractivity (Wildman–Crippen MR) is 139 cm³/mol. The number of rotatable bonds is 4. The van der Waals surface area contributed by atoms with Crippen LogP contribution in [0, 0.1) is 11.7 Å². The molecule has 2 amide bonds. The van der Waals surface area contributed by atoms with Gasteiger partial charge < -0.3 is 15.4 Å². The van der Waals surface area contributed by atoms with Crippen molar-refractivity contribution in [2.45, 2.75) is 45.8 Å². The van der Waals surface area contributed by atoms with Crippen molar-refractivity contribution in [2.75, 3.05) is 26.2 Å². The Balaban J connectivity index is 1.56. The molecule has 0 fully saturated rings. The largest absolute Gasteiger partial charge is 0.491 e. The molecule has 3 aromatic rings. The summed E-state index contributed by atoms with van der Waals surface area (Å²) >= 11 is 0. The van der Waals surface area contributed by atoms with E-state index in [0.29, 0.717) is 45.6 Å². The molecule has 0 saturated carbocycles. The molecule has 3 heterocycles. The smallest absolute Gasteiger partial charge is 0.255 e. The highest BCUT2D eigenvalue weighted by Gasteiger charge is 2.25. The summed E-state index contributed by atoms with van der Waals surface area (Å²) < 4.78 is 21.6. The zero-order chi connectivity index (χ0) is 26.9. The van der Waals surface area contributed by atoms with Gasteiger partial charge in [-0.15, -0.1) is 5.10 Å². The highest BCUT2D eigenvalue weighted by Crippen LogP contribution is 2.21. The number of carbonyl (C=O) groups excluding carboxylic acids is 2. The van der Waals surface area contributed by atoms with E-state index in [1.807, 2.05) is 38.4 Å². The number of nitrogens with one attached hydrogen (secondary N) is 2. The van der Waals surface area contributed by atoms with Gasteiger partial charge in [0.2, 0.25) is 5.91 Å². The van der Waals surface area contributed by atoms with Crippen molar-refractivity contribution in [3.8, 4) is 5.75 Å². The van der Waals surface area contributed by atoms with Crippen LogP contribution in [-0.2, 0) is 24.3 Å². The van der Waals surface area contributed by atoms with Gasteiger partial charge in [0.05, 0.1) is 17.8 Å². The van der Waals surface area contributed by atoms with Gasteiger partial charge >= 0.3 is 0 Å². The Morgan fingerprint density at radius 1 is 1.18 bits per heavy atom. The first kappa shape index (κ1) is 27.2. The third kappa shape index (κ3) is 7.82. The summed E-state index contributed by atoms with van der Waals surface area (Å²) in [6.07, 6.45) is 6.55. The standard InChI is InChI=1S/C27H34FN7O3/c1-19(2)14-24-27(37)30-9-11-34(17-20-4-3-8-29-16-20)10-7-22-18-35(33-32-22)12-13-38-25-6-5-21(28)15-23(25)26(36)31-24/h3-6,8,15-16,18-19,24H,7,9-14,17H2,1-2H3,(H,30,37)(H,31,36)/t24-/m1/s1. The Hall–Kier alpha value is -3.86. The van der Waals surface area contributed by atoms with Crippen molar-refractivity contribution in [1.29, 1.82) is 0 Å². The topological polar surface area (TPSA) is 114 Å². The van der Waals surface area contributed by atoms with Crippen LogP contribution < -0.4 is 15.4 Å². The van der Waals surface area contributed by atoms with E-state index in [0.717, 1.165) is 17.3 Å². The van der Waals surface area contributed by atoms with Crippen LogP contribution in [0.1, 0.15) is 41.9 Å². The van der Waals surface area contributed by atoms with Gasteiger partial charge in [0.25, 0.3) is 5.91 Å². The van der Waals surface area contributed by atoms with Crippen molar-refractivity contribution in [3.63, 3.8) is 0 Å². The number of aromatic nitrogens is 4. The number of fused-ring (bicyclic) bond motifs is 3. The monoisotopic (exact) mass is 523 g/mol. The lowest BCUT2D eigenvalue weighted by atomic mass is 10.0. The Morgan fingerprint density at radius 3 is 2.84 bits per heavy atom. The molecule has 4 rings (SSSR count). The van der Waals surface area contributed by atoms with Crippen molar-refractivity contribution < 1.29 is 18.7 Å². The molecule has 1 aromatic carbocycles. The molecule has 2 aromatic heterocycles. The summed E-state index contributed by atoms with van der Waals surface area (Å²) in [6.45, 7) is 6.94. The second-order valence-electron chi connectivity index (χ2n) is 9.80. The number of benzene rings is 1. The van der Waals surface area contributed by atoms with Crippen molar-refractivity contribution >= 4 is 11.8 Å². The molecule has 1 aliphatic rings. The fourth-order valence-corrected chi connectivity index (χ4v) is 4.31. The molecule has 0 spiro atoms. The molecule has 202 valence electrons. The minimum atomic E-state index is -0.769. The zero-order valence-electron chi connectivity index (χ0n) is 21.8. The fraction of sp³-hybridized carbons (Fsp3) is 0.444. The number of halogens is 1. The van der Waals surface area contributed by atoms with E-state index in [1.54, 1.807) is 10.9 Å². The van der Waals surface area contributed by atoms with Gasteiger partial charge in [0.15, 0.2) is 0 Å². The van der Waals surface area contributed by atoms with E-state index in [9.17, 15) is 14.0 Å². The highest BCUT2D eigenvalue weighted by molar-refractivity contribution is 5.99. The molecule has 11 heteroatoms. The molecule has 10 nitrogen and oxygen atoms in total. The molecule has 1 aliphatic heterocycles. The summed E-state index contributed by atoms with van der Waals surface area (Å²) in [5, 5.41) is 14.2. The molecule has 0 aliphatic carbocycles. The number of pyridine rings is 1. The summed E-state index contributed by atoms with van der Waals surface area (Å²) in [7, 11) is 0. The van der Waals surface area contributed by atoms with Crippen molar-refractivity contribution in [2.24, 2.45) is 5.92 Å². The summed E-state index contributed by atoms with van der Waals surface area (Å²) in [5.41, 5.74) is 1.94. The number of nitrogens with zero attached hydrogens (tertiary/aromatic N) is 5. The lowest BCUT2D eigenvalue weighted by molar-refractivity contribution is -0.123. The van der Waals surface area contributed by atoms with Crippen LogP contribution in [0.2, 0.25) is 0 Å². The van der Waals surface area contributed by atoms with Crippen LogP contribution >= 0.6 is 0 Å². The Bertz CT molecular complexity index is 1220. The van der Waals surface area contributed by atoms with Crippen molar-refractivity contribution in [3.05, 3.63) is 71.6 Å². The van der Waals surface area contributed by atoms with Gasteiger partial charge in [-0.1, -0.05) is 25.1 Å². The van der Waals surface area contributed by atoms with Gasteiger partial charge in [-0.05, 0) is 42.2 Å². The minimum Gasteiger partial charge on any atom is -0.491 e. The van der Waals surface area contributed by atoms with E-state index in [1.165, 1.54) is 12.1 Å². The average Bonchev–Trinajstić information content (AvgIpc) is 3.35. The van der Waals surface area contributed by atoms with Gasteiger partial charge in [0.1, 0.15) is 24.2 Å². The van der Waals surface area contributed by atoms with Crippen LogP contribution in [0.15, 0.2) is 48.9 Å². The molecule has 2 bridgehead atoms. The van der Waals surface area contributed by atoms with E-state index >= 15 is 0 Å². The van der Waals surface area contributed by atoms with E-state index in [-0.39, 0.29) is 29.7 Å². The number of ether oxygens (including phenoxy) is 1. The van der Waals surface area contributed by atoms with Crippen molar-refractivity contribution in [1.82, 2.24) is 35.5 Å². The Morgan fingerprint density at radius 2 is 2.05 bits per heavy atom. The molecular weight excluding hydrogens is 489 g/mol. The second-order valence-corrected chi connectivity index (χ2v) is 9.80. The molecule has 0 saturated heterocycles. The molecule has 1 atom stereocenters. The fourth-order valence-electron chi connectivity index (χ4n) is 4.31. The quantitative estimate of drug-likeness (QED) is 0.539. The maximum atomic E-state index is 14.1. The summed E-state index contributed by atoms with van der Waals surface area (Å²) in [4.78, 5) is 32.7. The molecular formula is C27H34FN7O3. The molecule has 0 unspecified atom stereocenters. The lowest BCUT2D eigenvalue weighted by Gasteiger charge is -2.24. The Labute approximate surface area is 221 Å². The van der Waals surface area contributed by atoms with E-state index in [4.69, 9.17) is 4.74 Å². The Kier molecular flexibility index (Phi) is 9.36. The maximum Gasteiger partial charge on any atom is 0.255 e. The maximum absolute atomic E-state index is 14.1. The molecule has 38 heavy (non-hydrogen) atoms. The van der Waals surface area contributed by atoms with Gasteiger partial charge in [-0.2, -0.15) is 0 Å². The summed E-state index contributed by atoms with van der Waals surface area (Å²) in [5.74, 6) is -1.03. The predicted octanol–water partition coefficient (Wildman–Crippen LogP) is 2.21. The molecule has 0 radical (unpaired) electrons. The van der Waals surface area contributed by atoms with Crippen LogP contribution in [-0.4, -0.2) is 69.0 Å². The van der Waals surface area contributed by atoms with E-state index < -0.39 is 17.8 Å². The van der Waals surface area contributed by atoms with Gasteiger partial charge in [0, 0.05) is 51.2 Å². The molecule has 2 N–H and O–H groups in total. The normalized spacial score (nSPS) is 18.1. The number of amides is 2. The third-order valence-electron chi connectivity index (χ3n) is 6.22. The lowest BCUT2D eigenvalue weighted by Crippen LogP contribution is -2.49. The number of carbonyl (C=O) groups is 2.